The molecular formula is C34H25N5. The maximum Gasteiger partial charge on any atom is 0.100 e. The van der Waals surface area contributed by atoms with Gasteiger partial charge in [0, 0.05) is 40.6 Å². The van der Waals surface area contributed by atoms with Crippen molar-refractivity contribution in [2.75, 3.05) is 5.32 Å². The van der Waals surface area contributed by atoms with Gasteiger partial charge < -0.3 is 5.32 Å². The van der Waals surface area contributed by atoms with Crippen LogP contribution < -0.4 is 5.32 Å². The average Bonchev–Trinajstić information content (AvgIpc) is 3.69. The molecule has 0 aliphatic heterocycles. The molecule has 2 aromatic heterocycles. The fraction of sp³-hybridized carbons (Fsp3) is 0. The van der Waals surface area contributed by atoms with Gasteiger partial charge >= 0.3 is 0 Å². The van der Waals surface area contributed by atoms with Crippen molar-refractivity contribution in [1.29, 1.82) is 0 Å². The van der Waals surface area contributed by atoms with Crippen molar-refractivity contribution in [1.82, 2.24) is 19.3 Å². The van der Waals surface area contributed by atoms with Gasteiger partial charge in [-0.2, -0.15) is 5.10 Å². The predicted octanol–water partition coefficient (Wildman–Crippen LogP) is 8.29. The number of anilines is 2. The molecule has 0 saturated carbocycles. The number of nitrogens with one attached hydrogen (secondary N) is 1. The summed E-state index contributed by atoms with van der Waals surface area (Å²) >= 11 is 0. The van der Waals surface area contributed by atoms with E-state index in [4.69, 9.17) is 0 Å². The zero-order valence-corrected chi connectivity index (χ0v) is 21.1. The summed E-state index contributed by atoms with van der Waals surface area (Å²) in [4.78, 5) is 4.54. The van der Waals surface area contributed by atoms with Gasteiger partial charge in [0.2, 0.25) is 0 Å². The lowest BCUT2D eigenvalue weighted by atomic mass is 10.0. The van der Waals surface area contributed by atoms with Gasteiger partial charge in [-0.15, -0.1) is 0 Å². The lowest BCUT2D eigenvalue weighted by molar-refractivity contribution is 0.881. The third-order valence-electron chi connectivity index (χ3n) is 6.98. The average molecular weight is 504 g/mol. The van der Waals surface area contributed by atoms with Crippen LogP contribution in [0.25, 0.3) is 44.7 Å². The minimum Gasteiger partial charge on any atom is -0.355 e. The van der Waals surface area contributed by atoms with Gasteiger partial charge in [-0.3, -0.25) is 4.57 Å². The molecular weight excluding hydrogens is 478 g/mol. The van der Waals surface area contributed by atoms with Crippen LogP contribution >= 0.6 is 0 Å². The van der Waals surface area contributed by atoms with Crippen LogP contribution in [0.4, 0.5) is 11.4 Å². The predicted molar refractivity (Wildman–Crippen MR) is 159 cm³/mol. The van der Waals surface area contributed by atoms with E-state index in [0.29, 0.717) is 0 Å². The molecule has 0 atom stereocenters. The van der Waals surface area contributed by atoms with Crippen LogP contribution in [0.2, 0.25) is 0 Å². The van der Waals surface area contributed by atoms with Crippen LogP contribution in [0.1, 0.15) is 0 Å². The molecule has 186 valence electrons. The molecule has 0 aliphatic carbocycles. The van der Waals surface area contributed by atoms with Crippen molar-refractivity contribution < 1.29 is 0 Å². The Morgan fingerprint density at radius 2 is 1.13 bits per heavy atom. The fourth-order valence-corrected chi connectivity index (χ4v) is 5.01. The van der Waals surface area contributed by atoms with E-state index in [9.17, 15) is 0 Å². The number of hydrogen-bond donors (Lipinski definition) is 1. The van der Waals surface area contributed by atoms with E-state index in [1.54, 1.807) is 6.20 Å². The Bertz CT molecular complexity index is 1860. The maximum atomic E-state index is 4.54. The molecule has 0 spiro atoms. The molecule has 0 bridgehead atoms. The Hall–Kier alpha value is -5.42. The summed E-state index contributed by atoms with van der Waals surface area (Å²) in [5, 5.41) is 8.05. The second-order valence-electron chi connectivity index (χ2n) is 9.36. The van der Waals surface area contributed by atoms with Crippen molar-refractivity contribution >= 4 is 22.4 Å². The normalized spacial score (nSPS) is 11.1. The molecule has 5 aromatic carbocycles. The Labute approximate surface area is 226 Å². The van der Waals surface area contributed by atoms with E-state index in [-0.39, 0.29) is 0 Å². The molecule has 5 nitrogen and oxygen atoms in total. The lowest BCUT2D eigenvalue weighted by Gasteiger charge is -2.16. The zero-order valence-electron chi connectivity index (χ0n) is 21.1. The highest BCUT2D eigenvalue weighted by Gasteiger charge is 2.11. The molecule has 0 fully saturated rings. The molecule has 7 aromatic rings. The van der Waals surface area contributed by atoms with Gasteiger partial charge in [0.1, 0.15) is 6.33 Å². The number of fused-ring (bicyclic) bond motifs is 1. The first-order chi connectivity index (χ1) is 19.3. The number of imidazole rings is 1. The van der Waals surface area contributed by atoms with Gasteiger partial charge in [-0.05, 0) is 65.7 Å². The Morgan fingerprint density at radius 3 is 1.77 bits per heavy atom. The number of nitrogens with zero attached hydrogens (tertiary/aromatic N) is 4. The standard InChI is InChI=1S/C34H25N5/c1-3-10-31(29(8-1)25-14-18-27(19-15-25)38-24-35-33-12-5-6-13-34(33)38)37-32-11-4-2-9-30(32)26-16-20-28(21-17-26)39-23-7-22-36-39/h1-24,37H. The van der Waals surface area contributed by atoms with Crippen LogP contribution in [-0.2, 0) is 0 Å². The molecule has 5 heteroatoms. The molecule has 0 unspecified atom stereocenters. The smallest absolute Gasteiger partial charge is 0.100 e. The summed E-state index contributed by atoms with van der Waals surface area (Å²) in [6, 6.07) is 44.1. The van der Waals surface area contributed by atoms with E-state index < -0.39 is 0 Å². The Morgan fingerprint density at radius 1 is 0.538 bits per heavy atom. The first-order valence-corrected chi connectivity index (χ1v) is 12.9. The van der Waals surface area contributed by atoms with E-state index >= 15 is 0 Å². The van der Waals surface area contributed by atoms with Crippen LogP contribution in [-0.4, -0.2) is 19.3 Å². The van der Waals surface area contributed by atoms with Crippen molar-refractivity contribution in [3.8, 4) is 33.6 Å². The van der Waals surface area contributed by atoms with E-state index in [0.717, 1.165) is 56.0 Å². The summed E-state index contributed by atoms with van der Waals surface area (Å²) in [6.07, 6.45) is 5.62. The quantitative estimate of drug-likeness (QED) is 0.248. The summed E-state index contributed by atoms with van der Waals surface area (Å²) in [5.41, 5.74) is 10.9. The second-order valence-corrected chi connectivity index (χ2v) is 9.36. The van der Waals surface area contributed by atoms with Crippen molar-refractivity contribution in [2.45, 2.75) is 0 Å². The highest BCUT2D eigenvalue weighted by atomic mass is 15.3. The van der Waals surface area contributed by atoms with Crippen LogP contribution in [0.15, 0.2) is 146 Å². The number of hydrogen-bond acceptors (Lipinski definition) is 3. The van der Waals surface area contributed by atoms with Crippen LogP contribution in [0.3, 0.4) is 0 Å². The summed E-state index contributed by atoms with van der Waals surface area (Å²) in [5.74, 6) is 0. The number of para-hydroxylation sites is 4. The fourth-order valence-electron chi connectivity index (χ4n) is 5.01. The largest absolute Gasteiger partial charge is 0.355 e. The maximum absolute atomic E-state index is 4.54. The molecule has 0 aliphatic rings. The molecule has 0 amide bonds. The number of aromatic nitrogens is 4. The summed E-state index contributed by atoms with van der Waals surface area (Å²) in [7, 11) is 0. The van der Waals surface area contributed by atoms with Crippen molar-refractivity contribution in [3.63, 3.8) is 0 Å². The highest BCUT2D eigenvalue weighted by Crippen LogP contribution is 2.35. The van der Waals surface area contributed by atoms with Gasteiger partial charge in [0.15, 0.2) is 0 Å². The number of rotatable bonds is 6. The first kappa shape index (κ1) is 22.8. The van der Waals surface area contributed by atoms with Crippen molar-refractivity contribution in [3.05, 3.63) is 146 Å². The Kier molecular flexibility index (Phi) is 5.72. The topological polar surface area (TPSA) is 47.7 Å². The molecule has 2 heterocycles. The van der Waals surface area contributed by atoms with E-state index in [2.05, 4.69) is 123 Å². The minimum absolute atomic E-state index is 0.991. The first-order valence-electron chi connectivity index (χ1n) is 12.9. The summed E-state index contributed by atoms with van der Waals surface area (Å²) < 4.78 is 3.99. The van der Waals surface area contributed by atoms with Gasteiger partial charge in [0.25, 0.3) is 0 Å². The molecule has 1 N–H and O–H groups in total. The second kappa shape index (κ2) is 9.80. The molecule has 0 saturated heterocycles. The van der Waals surface area contributed by atoms with E-state index in [1.165, 1.54) is 0 Å². The molecule has 7 rings (SSSR count). The lowest BCUT2D eigenvalue weighted by Crippen LogP contribution is -1.97. The molecule has 39 heavy (non-hydrogen) atoms. The SMILES string of the molecule is c1ccc(-c2ccc(-n3cccn3)cc2)c(Nc2ccccc2-c2ccc(-n3cnc4ccccc43)cc2)c1. The third-order valence-corrected chi connectivity index (χ3v) is 6.98. The highest BCUT2D eigenvalue weighted by molar-refractivity contribution is 5.87. The zero-order chi connectivity index (χ0) is 26.0. The summed E-state index contributed by atoms with van der Waals surface area (Å²) in [6.45, 7) is 0. The van der Waals surface area contributed by atoms with Gasteiger partial charge in [-0.25, -0.2) is 9.67 Å². The third kappa shape index (κ3) is 4.36. The van der Waals surface area contributed by atoms with E-state index in [1.807, 2.05) is 41.5 Å². The van der Waals surface area contributed by atoms with Crippen LogP contribution in [0.5, 0.6) is 0 Å². The minimum atomic E-state index is 0.991. The van der Waals surface area contributed by atoms with Gasteiger partial charge in [-0.1, -0.05) is 72.8 Å². The monoisotopic (exact) mass is 503 g/mol. The Balaban J connectivity index is 1.19. The van der Waals surface area contributed by atoms with Gasteiger partial charge in [0.05, 0.1) is 16.7 Å². The number of benzene rings is 5. The van der Waals surface area contributed by atoms with Crippen molar-refractivity contribution in [2.24, 2.45) is 0 Å². The van der Waals surface area contributed by atoms with Crippen LogP contribution in [0, 0.1) is 0 Å². The molecule has 0 radical (unpaired) electrons.